The highest BCUT2D eigenvalue weighted by Gasteiger charge is 2.27. The first-order valence-electron chi connectivity index (χ1n) is 13.0. The van der Waals surface area contributed by atoms with Crippen molar-refractivity contribution in [2.75, 3.05) is 36.5 Å². The molecule has 0 unspecified atom stereocenters. The van der Waals surface area contributed by atoms with E-state index in [9.17, 15) is 14.7 Å². The second-order valence-corrected chi connectivity index (χ2v) is 9.47. The minimum absolute atomic E-state index is 0.0999. The lowest BCUT2D eigenvalue weighted by Crippen LogP contribution is -2.47. The van der Waals surface area contributed by atoms with E-state index >= 15 is 0 Å². The molecule has 1 aliphatic heterocycles. The van der Waals surface area contributed by atoms with E-state index in [1.54, 1.807) is 11.1 Å². The minimum Gasteiger partial charge on any atom is -0.387 e. The van der Waals surface area contributed by atoms with Crippen molar-refractivity contribution in [3.8, 4) is 0 Å². The van der Waals surface area contributed by atoms with Gasteiger partial charge < -0.3 is 25.2 Å². The first kappa shape index (κ1) is 28.5. The van der Waals surface area contributed by atoms with Crippen molar-refractivity contribution < 1.29 is 9.90 Å². The number of aliphatic hydroxyl groups excluding tert-OH is 1. The van der Waals surface area contributed by atoms with Crippen molar-refractivity contribution in [3.63, 3.8) is 0 Å². The fourth-order valence-electron chi connectivity index (χ4n) is 5.03. The Morgan fingerprint density at radius 2 is 1.92 bits per heavy atom. The molecule has 0 radical (unpaired) electrons. The summed E-state index contributed by atoms with van der Waals surface area (Å²) in [6, 6.07) is 8.09. The number of benzene rings is 1. The van der Waals surface area contributed by atoms with Gasteiger partial charge in [0.1, 0.15) is 12.4 Å². The number of fused-ring (bicyclic) bond motifs is 1. The standard InChI is InChI=1S/C26H32ClN5O3.C2H6/c1-4-32(19-6-9-31(10-7-19)24(34)15-33)23-13-18(27)12-21-20(23)5-8-28-25(21)29-14-22-16(2)11-17(3)30-26(22)35;1-2/h5,8,11-13,19,33H,4,6-7,9-10,14-15H2,1-3H3,(H,28,29)(H,30,35);1-2H3. The van der Waals surface area contributed by atoms with Crippen LogP contribution in [-0.2, 0) is 11.3 Å². The second kappa shape index (κ2) is 12.9. The zero-order chi connectivity index (χ0) is 27.1. The molecule has 2 aromatic heterocycles. The van der Waals surface area contributed by atoms with Gasteiger partial charge in [-0.25, -0.2) is 4.98 Å². The van der Waals surface area contributed by atoms with E-state index in [0.29, 0.717) is 36.0 Å². The third-order valence-electron chi connectivity index (χ3n) is 6.79. The minimum atomic E-state index is -0.447. The smallest absolute Gasteiger partial charge is 0.253 e. The van der Waals surface area contributed by atoms with Crippen LogP contribution < -0.4 is 15.8 Å². The van der Waals surface area contributed by atoms with Crippen LogP contribution in [0.5, 0.6) is 0 Å². The van der Waals surface area contributed by atoms with Gasteiger partial charge in [-0.2, -0.15) is 0 Å². The van der Waals surface area contributed by atoms with Crippen LogP contribution in [0.3, 0.4) is 0 Å². The molecule has 0 saturated carbocycles. The Labute approximate surface area is 223 Å². The molecule has 200 valence electrons. The third kappa shape index (κ3) is 6.43. The molecule has 1 aliphatic rings. The maximum absolute atomic E-state index is 12.5. The molecule has 0 atom stereocenters. The highest BCUT2D eigenvalue weighted by molar-refractivity contribution is 6.32. The lowest BCUT2D eigenvalue weighted by atomic mass is 10.0. The number of H-pyrrole nitrogens is 1. The van der Waals surface area contributed by atoms with Gasteiger partial charge in [0.25, 0.3) is 5.56 Å². The van der Waals surface area contributed by atoms with Crippen molar-refractivity contribution in [3.05, 3.63) is 62.7 Å². The predicted octanol–water partition coefficient (Wildman–Crippen LogP) is 4.64. The number of aryl methyl sites for hydroxylation is 2. The van der Waals surface area contributed by atoms with Gasteiger partial charge in [0.15, 0.2) is 0 Å². The second-order valence-electron chi connectivity index (χ2n) is 9.03. The lowest BCUT2D eigenvalue weighted by Gasteiger charge is -2.39. The van der Waals surface area contributed by atoms with Crippen LogP contribution in [0.2, 0.25) is 5.02 Å². The van der Waals surface area contributed by atoms with Crippen molar-refractivity contribution in [1.29, 1.82) is 0 Å². The third-order valence-corrected chi connectivity index (χ3v) is 7.01. The molecule has 1 saturated heterocycles. The summed E-state index contributed by atoms with van der Waals surface area (Å²) in [6.45, 7) is 11.9. The Hall–Kier alpha value is -3.10. The number of pyridine rings is 2. The number of hydrogen-bond donors (Lipinski definition) is 3. The van der Waals surface area contributed by atoms with Crippen LogP contribution in [0, 0.1) is 13.8 Å². The van der Waals surface area contributed by atoms with E-state index in [1.807, 2.05) is 52.0 Å². The van der Waals surface area contributed by atoms with Gasteiger partial charge in [-0.15, -0.1) is 0 Å². The summed E-state index contributed by atoms with van der Waals surface area (Å²) in [5, 5.41) is 15.0. The highest BCUT2D eigenvalue weighted by Crippen LogP contribution is 2.36. The number of nitrogens with one attached hydrogen (secondary N) is 2. The maximum Gasteiger partial charge on any atom is 0.253 e. The molecule has 3 aromatic rings. The Kier molecular flexibility index (Phi) is 9.94. The number of likely N-dealkylation sites (tertiary alicyclic amines) is 1. The van der Waals surface area contributed by atoms with E-state index in [1.165, 1.54) is 0 Å². The fraction of sp³-hybridized carbons (Fsp3) is 0.464. The first-order valence-corrected chi connectivity index (χ1v) is 13.4. The topological polar surface area (TPSA) is 102 Å². The number of anilines is 2. The Balaban J connectivity index is 0.00000186. The van der Waals surface area contributed by atoms with Crippen LogP contribution in [0.15, 0.2) is 35.3 Å². The number of nitrogens with zero attached hydrogens (tertiary/aromatic N) is 3. The number of rotatable bonds is 7. The van der Waals surface area contributed by atoms with Crippen molar-refractivity contribution in [2.45, 2.75) is 60.0 Å². The number of aliphatic hydroxyl groups is 1. The molecule has 8 nitrogen and oxygen atoms in total. The average Bonchev–Trinajstić information content (AvgIpc) is 2.89. The summed E-state index contributed by atoms with van der Waals surface area (Å²) in [5.41, 5.74) is 3.37. The van der Waals surface area contributed by atoms with Crippen molar-refractivity contribution >= 4 is 39.8 Å². The number of aromatic amines is 1. The molecular formula is C28H38ClN5O3. The fourth-order valence-corrected chi connectivity index (χ4v) is 5.25. The van der Waals surface area contributed by atoms with Crippen LogP contribution in [0.4, 0.5) is 11.5 Å². The van der Waals surface area contributed by atoms with Crippen molar-refractivity contribution in [1.82, 2.24) is 14.9 Å². The van der Waals surface area contributed by atoms with Gasteiger partial charge in [-0.1, -0.05) is 25.4 Å². The largest absolute Gasteiger partial charge is 0.387 e. The van der Waals surface area contributed by atoms with Crippen LogP contribution in [0.25, 0.3) is 10.8 Å². The summed E-state index contributed by atoms with van der Waals surface area (Å²) in [7, 11) is 0. The highest BCUT2D eigenvalue weighted by atomic mass is 35.5. The SMILES string of the molecule is CC.CCN(c1cc(Cl)cc2c(NCc3c(C)cc(C)[nH]c3=O)nccc12)C1CCN(C(=O)CO)CC1. The zero-order valence-electron chi connectivity index (χ0n) is 22.4. The van der Waals surface area contributed by atoms with Gasteiger partial charge in [0, 0.05) is 71.2 Å². The Morgan fingerprint density at radius 3 is 2.54 bits per heavy atom. The zero-order valence-corrected chi connectivity index (χ0v) is 23.2. The molecule has 1 fully saturated rings. The van der Waals surface area contributed by atoms with Gasteiger partial charge in [-0.05, 0) is 63.4 Å². The number of piperidine rings is 1. The van der Waals surface area contributed by atoms with Crippen LogP contribution in [-0.4, -0.2) is 58.2 Å². The van der Waals surface area contributed by atoms with Crippen molar-refractivity contribution in [2.24, 2.45) is 0 Å². The monoisotopic (exact) mass is 527 g/mol. The summed E-state index contributed by atoms with van der Waals surface area (Å²) in [5.74, 6) is 0.453. The summed E-state index contributed by atoms with van der Waals surface area (Å²) in [4.78, 5) is 35.8. The predicted molar refractivity (Wildman–Crippen MR) is 152 cm³/mol. The number of amides is 1. The molecule has 37 heavy (non-hydrogen) atoms. The van der Waals surface area contributed by atoms with Gasteiger partial charge in [0.2, 0.25) is 5.91 Å². The average molecular weight is 528 g/mol. The summed E-state index contributed by atoms with van der Waals surface area (Å²) >= 11 is 6.59. The van der Waals surface area contributed by atoms with E-state index < -0.39 is 6.61 Å². The Morgan fingerprint density at radius 1 is 1.22 bits per heavy atom. The lowest BCUT2D eigenvalue weighted by molar-refractivity contribution is -0.135. The number of carbonyl (C=O) groups excluding carboxylic acids is 1. The Bertz CT molecular complexity index is 1280. The van der Waals surface area contributed by atoms with Gasteiger partial charge in [-0.3, -0.25) is 9.59 Å². The van der Waals surface area contributed by atoms with Crippen LogP contribution >= 0.6 is 11.6 Å². The summed E-state index contributed by atoms with van der Waals surface area (Å²) < 4.78 is 0. The number of carbonyl (C=O) groups is 1. The molecule has 0 aliphatic carbocycles. The first-order chi connectivity index (χ1) is 17.8. The normalized spacial score (nSPS) is 13.8. The number of hydrogen-bond acceptors (Lipinski definition) is 6. The quantitative estimate of drug-likeness (QED) is 0.414. The number of halogens is 1. The van der Waals surface area contributed by atoms with Crippen LogP contribution in [0.1, 0.15) is 50.4 Å². The van der Waals surface area contributed by atoms with E-state index in [4.69, 9.17) is 11.6 Å². The molecule has 3 N–H and O–H groups in total. The summed E-state index contributed by atoms with van der Waals surface area (Å²) in [6.07, 6.45) is 3.41. The maximum atomic E-state index is 12.5. The molecular weight excluding hydrogens is 490 g/mol. The van der Waals surface area contributed by atoms with Gasteiger partial charge in [0.05, 0.1) is 0 Å². The van der Waals surface area contributed by atoms with Gasteiger partial charge >= 0.3 is 0 Å². The van der Waals surface area contributed by atoms with E-state index in [0.717, 1.165) is 47.1 Å². The molecule has 3 heterocycles. The molecule has 4 rings (SSSR count). The molecule has 1 aromatic carbocycles. The molecule has 1 amide bonds. The molecule has 0 spiro atoms. The number of aromatic nitrogens is 2. The molecule has 9 heteroatoms. The molecule has 0 bridgehead atoms. The van der Waals surface area contributed by atoms with E-state index in [-0.39, 0.29) is 17.5 Å². The van der Waals surface area contributed by atoms with E-state index in [2.05, 4.69) is 27.1 Å².